The smallest absolute Gasteiger partial charge is 0.322 e. The minimum atomic E-state index is -1.19. The van der Waals surface area contributed by atoms with Crippen molar-refractivity contribution in [3.63, 3.8) is 0 Å². The van der Waals surface area contributed by atoms with Crippen molar-refractivity contribution in [2.45, 2.75) is 12.5 Å². The lowest BCUT2D eigenvalue weighted by Crippen LogP contribution is -2.46. The Balaban J connectivity index is 1.92. The number of benzene rings is 1. The Labute approximate surface area is 166 Å². The van der Waals surface area contributed by atoms with E-state index in [4.69, 9.17) is 15.3 Å². The average molecular weight is 399 g/mol. The molecule has 9 nitrogen and oxygen atoms in total. The molecule has 2 amide bonds. The van der Waals surface area contributed by atoms with Crippen LogP contribution in [0.25, 0.3) is 5.57 Å². The lowest BCUT2D eigenvalue weighted by molar-refractivity contribution is -0.137. The number of rotatable bonds is 10. The second kappa shape index (κ2) is 10.00. The van der Waals surface area contributed by atoms with Crippen LogP contribution in [0.4, 0.5) is 0 Å². The van der Waals surface area contributed by atoms with Gasteiger partial charge in [-0.25, -0.2) is 0 Å². The number of aliphatic carboxylic acids is 1. The van der Waals surface area contributed by atoms with E-state index >= 15 is 0 Å². The molecular formula is C20H21N3O6. The van der Waals surface area contributed by atoms with E-state index in [0.29, 0.717) is 16.9 Å². The Morgan fingerprint density at radius 1 is 1.10 bits per heavy atom. The molecule has 0 bridgehead atoms. The van der Waals surface area contributed by atoms with E-state index in [0.717, 1.165) is 0 Å². The molecule has 2 aromatic rings. The number of nitrogens with two attached hydrogens (primary N) is 1. The van der Waals surface area contributed by atoms with E-state index in [9.17, 15) is 19.2 Å². The monoisotopic (exact) mass is 399 g/mol. The lowest BCUT2D eigenvalue weighted by atomic mass is 9.98. The number of carbonyl (C=O) groups excluding carboxylic acids is 3. The van der Waals surface area contributed by atoms with Crippen LogP contribution < -0.4 is 16.4 Å². The zero-order valence-corrected chi connectivity index (χ0v) is 15.5. The summed E-state index contributed by atoms with van der Waals surface area (Å²) in [5, 5.41) is 12.9. The highest BCUT2D eigenvalue weighted by Crippen LogP contribution is 2.19. The Morgan fingerprint density at radius 3 is 2.52 bits per heavy atom. The third-order valence-electron chi connectivity index (χ3n) is 3.93. The molecular weight excluding hydrogens is 378 g/mol. The quantitative estimate of drug-likeness (QED) is 0.332. The molecule has 5 N–H and O–H groups in total. The molecule has 1 aromatic heterocycles. The highest BCUT2D eigenvalue weighted by Gasteiger charge is 2.18. The molecule has 1 atom stereocenters. The topological polar surface area (TPSA) is 152 Å². The standard InChI is InChI=1S/C20H21N3O6/c1-12(16-6-3-7-29-16)19(27)14-5-2-4-13(8-14)9-15(21)20(28)23-10-17(24)22-11-18(25)26/h2-8,15H,1,9-11,21H2,(H,22,24)(H,23,28)(H,25,26). The number of Topliss-reactive ketones (excluding diaryl/α,β-unsaturated/α-hetero) is 1. The molecule has 2 rings (SSSR count). The third kappa shape index (κ3) is 6.43. The zero-order chi connectivity index (χ0) is 21.4. The van der Waals surface area contributed by atoms with Crippen LogP contribution in [0.3, 0.4) is 0 Å². The summed E-state index contributed by atoms with van der Waals surface area (Å²) in [7, 11) is 0. The van der Waals surface area contributed by atoms with Gasteiger partial charge in [0.25, 0.3) is 0 Å². The fourth-order valence-electron chi connectivity index (χ4n) is 2.46. The Hall–Kier alpha value is -3.72. The van der Waals surface area contributed by atoms with Gasteiger partial charge in [0.2, 0.25) is 11.8 Å². The fourth-order valence-corrected chi connectivity index (χ4v) is 2.46. The van der Waals surface area contributed by atoms with Crippen molar-refractivity contribution in [3.05, 3.63) is 66.1 Å². The van der Waals surface area contributed by atoms with Gasteiger partial charge in [0.15, 0.2) is 5.78 Å². The number of hydrogen-bond donors (Lipinski definition) is 4. The molecule has 0 saturated carbocycles. The van der Waals surface area contributed by atoms with Crippen LogP contribution in [-0.2, 0) is 20.8 Å². The zero-order valence-electron chi connectivity index (χ0n) is 15.5. The molecule has 0 saturated heterocycles. The minimum Gasteiger partial charge on any atom is -0.480 e. The Morgan fingerprint density at radius 2 is 1.86 bits per heavy atom. The SMILES string of the molecule is C=C(C(=O)c1cccc(CC(N)C(=O)NCC(=O)NCC(=O)O)c1)c1ccco1. The van der Waals surface area contributed by atoms with Crippen molar-refractivity contribution in [3.8, 4) is 0 Å². The second-order valence-corrected chi connectivity index (χ2v) is 6.18. The maximum Gasteiger partial charge on any atom is 0.322 e. The predicted octanol–water partition coefficient (Wildman–Crippen LogP) is 0.363. The molecule has 0 aliphatic heterocycles. The Bertz CT molecular complexity index is 920. The summed E-state index contributed by atoms with van der Waals surface area (Å²) >= 11 is 0. The van der Waals surface area contributed by atoms with Crippen molar-refractivity contribution >= 4 is 29.1 Å². The molecule has 1 heterocycles. The molecule has 29 heavy (non-hydrogen) atoms. The summed E-state index contributed by atoms with van der Waals surface area (Å²) in [5.41, 5.74) is 7.11. The molecule has 0 radical (unpaired) electrons. The summed E-state index contributed by atoms with van der Waals surface area (Å²) in [5.74, 6) is -2.35. The fraction of sp³-hybridized carbons (Fsp3) is 0.200. The van der Waals surface area contributed by atoms with Gasteiger partial charge in [-0.2, -0.15) is 0 Å². The first-order valence-corrected chi connectivity index (χ1v) is 8.66. The highest BCUT2D eigenvalue weighted by molar-refractivity contribution is 6.27. The largest absolute Gasteiger partial charge is 0.480 e. The highest BCUT2D eigenvalue weighted by atomic mass is 16.4. The summed E-state index contributed by atoms with van der Waals surface area (Å²) in [6.45, 7) is 2.83. The number of nitrogens with one attached hydrogen (secondary N) is 2. The van der Waals surface area contributed by atoms with Crippen LogP contribution in [0.2, 0.25) is 0 Å². The predicted molar refractivity (Wildman–Crippen MR) is 104 cm³/mol. The normalized spacial score (nSPS) is 11.3. The van der Waals surface area contributed by atoms with Gasteiger partial charge in [-0.3, -0.25) is 19.2 Å². The van der Waals surface area contributed by atoms with Crippen LogP contribution >= 0.6 is 0 Å². The average Bonchev–Trinajstić information content (AvgIpc) is 3.24. The van der Waals surface area contributed by atoms with E-state index in [1.807, 2.05) is 0 Å². The number of furan rings is 1. The van der Waals surface area contributed by atoms with Crippen LogP contribution in [0.5, 0.6) is 0 Å². The lowest BCUT2D eigenvalue weighted by Gasteiger charge is -2.13. The number of carbonyl (C=O) groups is 4. The molecule has 0 fully saturated rings. The van der Waals surface area contributed by atoms with E-state index in [2.05, 4.69) is 17.2 Å². The Kier molecular flexibility index (Phi) is 7.44. The van der Waals surface area contributed by atoms with Crippen molar-refractivity contribution < 1.29 is 28.7 Å². The number of ketones is 1. The molecule has 0 aliphatic carbocycles. The van der Waals surface area contributed by atoms with E-state index in [1.165, 1.54) is 6.26 Å². The van der Waals surface area contributed by atoms with Crippen molar-refractivity contribution in [2.24, 2.45) is 5.73 Å². The second-order valence-electron chi connectivity index (χ2n) is 6.18. The molecule has 1 aromatic carbocycles. The van der Waals surface area contributed by atoms with E-state index in [-0.39, 0.29) is 24.3 Å². The maximum atomic E-state index is 12.5. The molecule has 0 spiro atoms. The molecule has 1 unspecified atom stereocenters. The first kappa shape index (κ1) is 21.6. The minimum absolute atomic E-state index is 0.136. The first-order chi connectivity index (χ1) is 13.8. The summed E-state index contributed by atoms with van der Waals surface area (Å²) in [4.78, 5) is 46.4. The van der Waals surface area contributed by atoms with Gasteiger partial charge in [-0.05, 0) is 30.2 Å². The van der Waals surface area contributed by atoms with Gasteiger partial charge in [0.05, 0.1) is 24.4 Å². The van der Waals surface area contributed by atoms with Crippen LogP contribution in [0.15, 0.2) is 53.7 Å². The third-order valence-corrected chi connectivity index (χ3v) is 3.93. The number of amides is 2. The van der Waals surface area contributed by atoms with Crippen molar-refractivity contribution in [1.82, 2.24) is 10.6 Å². The summed E-state index contributed by atoms with van der Waals surface area (Å²) in [6, 6.07) is 8.96. The van der Waals surface area contributed by atoms with Crippen LogP contribution in [0.1, 0.15) is 21.7 Å². The molecule has 152 valence electrons. The van der Waals surface area contributed by atoms with Gasteiger partial charge in [0.1, 0.15) is 12.3 Å². The van der Waals surface area contributed by atoms with Gasteiger partial charge in [0, 0.05) is 5.56 Å². The van der Waals surface area contributed by atoms with Gasteiger partial charge in [-0.15, -0.1) is 0 Å². The van der Waals surface area contributed by atoms with Crippen LogP contribution in [0, 0.1) is 0 Å². The van der Waals surface area contributed by atoms with E-state index < -0.39 is 30.4 Å². The molecule has 0 aliphatic rings. The van der Waals surface area contributed by atoms with Gasteiger partial charge in [-0.1, -0.05) is 24.8 Å². The number of allylic oxidation sites excluding steroid dienone is 1. The van der Waals surface area contributed by atoms with E-state index in [1.54, 1.807) is 36.4 Å². The van der Waals surface area contributed by atoms with Crippen molar-refractivity contribution in [1.29, 1.82) is 0 Å². The first-order valence-electron chi connectivity index (χ1n) is 8.66. The number of hydrogen-bond acceptors (Lipinski definition) is 6. The van der Waals surface area contributed by atoms with Gasteiger partial charge >= 0.3 is 5.97 Å². The number of carboxylic acid groups (broad SMARTS) is 1. The van der Waals surface area contributed by atoms with Gasteiger partial charge < -0.3 is 25.9 Å². The van der Waals surface area contributed by atoms with Crippen molar-refractivity contribution in [2.75, 3.05) is 13.1 Å². The molecule has 9 heteroatoms. The summed E-state index contributed by atoms with van der Waals surface area (Å²) < 4.78 is 5.18. The summed E-state index contributed by atoms with van der Waals surface area (Å²) in [6.07, 6.45) is 1.58. The maximum absolute atomic E-state index is 12.5. The van der Waals surface area contributed by atoms with Crippen LogP contribution in [-0.4, -0.2) is 47.8 Å². The number of carboxylic acids is 1.